The number of methoxy groups -OCH3 is 1. The molecule has 0 aromatic heterocycles. The number of hydrogen-bond acceptors (Lipinski definition) is 4. The molecular weight excluding hydrogens is 460 g/mol. The molecule has 0 bridgehead atoms. The SMILES string of the molecule is COc1cc(C)c(C(C)NC(=O)c2ccccc2N(C)S(=O)(=O)c2ccc(C)cc2)cc1C(C)C. The number of aryl methyl sites for hydroxylation is 2. The summed E-state index contributed by atoms with van der Waals surface area (Å²) in [5.41, 5.74) is 4.63. The van der Waals surface area contributed by atoms with Crippen LogP contribution in [0, 0.1) is 13.8 Å². The third-order valence-corrected chi connectivity index (χ3v) is 8.01. The topological polar surface area (TPSA) is 75.7 Å². The first-order valence-corrected chi connectivity index (χ1v) is 13.0. The van der Waals surface area contributed by atoms with Crippen LogP contribution in [0.15, 0.2) is 65.6 Å². The van der Waals surface area contributed by atoms with Crippen molar-refractivity contribution in [1.82, 2.24) is 5.32 Å². The van der Waals surface area contributed by atoms with Crippen LogP contribution < -0.4 is 14.4 Å². The molecule has 1 unspecified atom stereocenters. The second-order valence-corrected chi connectivity index (χ2v) is 11.1. The van der Waals surface area contributed by atoms with Crippen LogP contribution in [0.1, 0.15) is 65.3 Å². The van der Waals surface area contributed by atoms with E-state index in [4.69, 9.17) is 4.74 Å². The van der Waals surface area contributed by atoms with Gasteiger partial charge in [0.2, 0.25) is 0 Å². The van der Waals surface area contributed by atoms with Gasteiger partial charge in [0, 0.05) is 7.05 Å². The maximum atomic E-state index is 13.4. The zero-order valence-corrected chi connectivity index (χ0v) is 22.2. The summed E-state index contributed by atoms with van der Waals surface area (Å²) in [6.45, 7) is 10.0. The van der Waals surface area contributed by atoms with Gasteiger partial charge in [-0.05, 0) is 79.8 Å². The lowest BCUT2D eigenvalue weighted by atomic mass is 9.93. The second kappa shape index (κ2) is 10.5. The number of nitrogens with zero attached hydrogens (tertiary/aromatic N) is 1. The van der Waals surface area contributed by atoms with Crippen LogP contribution in [0.3, 0.4) is 0 Å². The van der Waals surface area contributed by atoms with Gasteiger partial charge in [0.1, 0.15) is 5.75 Å². The number of hydrogen-bond donors (Lipinski definition) is 1. The molecule has 35 heavy (non-hydrogen) atoms. The van der Waals surface area contributed by atoms with Crippen molar-refractivity contribution in [2.45, 2.75) is 51.5 Å². The van der Waals surface area contributed by atoms with Crippen molar-refractivity contribution in [3.05, 3.63) is 88.5 Å². The Hall–Kier alpha value is -3.32. The number of sulfonamides is 1. The highest BCUT2D eigenvalue weighted by atomic mass is 32.2. The highest BCUT2D eigenvalue weighted by Crippen LogP contribution is 2.32. The number of nitrogens with one attached hydrogen (secondary N) is 1. The van der Waals surface area contributed by atoms with Crippen molar-refractivity contribution in [1.29, 1.82) is 0 Å². The summed E-state index contributed by atoms with van der Waals surface area (Å²) in [5, 5.41) is 3.05. The summed E-state index contributed by atoms with van der Waals surface area (Å²) < 4.78 is 33.2. The van der Waals surface area contributed by atoms with E-state index in [1.165, 1.54) is 7.05 Å². The van der Waals surface area contributed by atoms with Gasteiger partial charge in [0.15, 0.2) is 0 Å². The van der Waals surface area contributed by atoms with Crippen LogP contribution >= 0.6 is 0 Å². The van der Waals surface area contributed by atoms with E-state index >= 15 is 0 Å². The molecule has 7 heteroatoms. The quantitative estimate of drug-likeness (QED) is 0.433. The lowest BCUT2D eigenvalue weighted by Crippen LogP contribution is -2.32. The molecule has 3 aromatic carbocycles. The van der Waals surface area contributed by atoms with Gasteiger partial charge in [-0.15, -0.1) is 0 Å². The van der Waals surface area contributed by atoms with Crippen molar-refractivity contribution in [3.8, 4) is 5.75 Å². The highest BCUT2D eigenvalue weighted by Gasteiger charge is 2.26. The van der Waals surface area contributed by atoms with E-state index in [1.54, 1.807) is 55.6 Å². The van der Waals surface area contributed by atoms with E-state index in [-0.39, 0.29) is 28.3 Å². The maximum absolute atomic E-state index is 13.4. The number of ether oxygens (including phenoxy) is 1. The Morgan fingerprint density at radius 1 is 0.943 bits per heavy atom. The Morgan fingerprint density at radius 2 is 1.57 bits per heavy atom. The molecule has 0 aliphatic rings. The molecular formula is C28H34N2O4S. The summed E-state index contributed by atoms with van der Waals surface area (Å²) in [6, 6.07) is 17.2. The van der Waals surface area contributed by atoms with E-state index in [0.717, 1.165) is 32.3 Å². The Balaban J connectivity index is 1.92. The van der Waals surface area contributed by atoms with Gasteiger partial charge in [-0.2, -0.15) is 0 Å². The molecule has 1 N–H and O–H groups in total. The number of carbonyl (C=O) groups is 1. The average Bonchev–Trinajstić information content (AvgIpc) is 2.83. The van der Waals surface area contributed by atoms with Crippen molar-refractivity contribution < 1.29 is 17.9 Å². The third-order valence-electron chi connectivity index (χ3n) is 6.22. The Bertz CT molecular complexity index is 1320. The van der Waals surface area contributed by atoms with Gasteiger partial charge < -0.3 is 10.1 Å². The summed E-state index contributed by atoms with van der Waals surface area (Å²) >= 11 is 0. The highest BCUT2D eigenvalue weighted by molar-refractivity contribution is 7.92. The van der Waals surface area contributed by atoms with E-state index in [1.807, 2.05) is 26.8 Å². The summed E-state index contributed by atoms with van der Waals surface area (Å²) in [7, 11) is -0.714. The predicted molar refractivity (Wildman–Crippen MR) is 141 cm³/mol. The molecule has 0 spiro atoms. The number of amides is 1. The first-order chi connectivity index (χ1) is 16.5. The minimum Gasteiger partial charge on any atom is -0.496 e. The minimum absolute atomic E-state index is 0.171. The van der Waals surface area contributed by atoms with Gasteiger partial charge in [0.05, 0.1) is 29.3 Å². The predicted octanol–water partition coefficient (Wildman–Crippen LogP) is 5.75. The molecule has 0 heterocycles. The molecule has 6 nitrogen and oxygen atoms in total. The number of para-hydroxylation sites is 1. The van der Waals surface area contributed by atoms with Crippen LogP contribution in [-0.4, -0.2) is 28.5 Å². The van der Waals surface area contributed by atoms with Crippen LogP contribution in [-0.2, 0) is 10.0 Å². The molecule has 0 radical (unpaired) electrons. The Morgan fingerprint density at radius 3 is 2.17 bits per heavy atom. The van der Waals surface area contributed by atoms with Crippen molar-refractivity contribution in [3.63, 3.8) is 0 Å². The van der Waals surface area contributed by atoms with E-state index < -0.39 is 10.0 Å². The number of benzene rings is 3. The lowest BCUT2D eigenvalue weighted by Gasteiger charge is -2.24. The third kappa shape index (κ3) is 5.51. The van der Waals surface area contributed by atoms with Crippen LogP contribution in [0.4, 0.5) is 5.69 Å². The molecule has 0 aliphatic carbocycles. The molecule has 3 aromatic rings. The summed E-state index contributed by atoms with van der Waals surface area (Å²) in [5.74, 6) is 0.738. The van der Waals surface area contributed by atoms with Crippen molar-refractivity contribution in [2.24, 2.45) is 0 Å². The number of rotatable bonds is 8. The van der Waals surface area contributed by atoms with Crippen LogP contribution in [0.2, 0.25) is 0 Å². The largest absolute Gasteiger partial charge is 0.496 e. The standard InChI is InChI=1S/C28H34N2O4S/c1-18(2)24-17-25(20(4)16-27(24)34-7)21(5)29-28(31)23-10-8-9-11-26(23)30(6)35(32,33)22-14-12-19(3)13-15-22/h8-18,21H,1-7H3,(H,29,31). The Labute approximate surface area is 209 Å². The van der Waals surface area contributed by atoms with Gasteiger partial charge in [0.25, 0.3) is 15.9 Å². The fourth-order valence-corrected chi connectivity index (χ4v) is 5.31. The smallest absolute Gasteiger partial charge is 0.264 e. The fourth-order valence-electron chi connectivity index (χ4n) is 4.10. The normalized spacial score (nSPS) is 12.3. The van der Waals surface area contributed by atoms with Crippen molar-refractivity contribution >= 4 is 21.6 Å². The first-order valence-electron chi connectivity index (χ1n) is 11.6. The molecule has 3 rings (SSSR count). The van der Waals surface area contributed by atoms with Crippen LogP contribution in [0.5, 0.6) is 5.75 Å². The summed E-state index contributed by atoms with van der Waals surface area (Å²) in [6.07, 6.45) is 0. The number of anilines is 1. The van der Waals surface area contributed by atoms with E-state index in [0.29, 0.717) is 5.69 Å². The zero-order chi connectivity index (χ0) is 25.9. The second-order valence-electron chi connectivity index (χ2n) is 9.10. The molecule has 1 amide bonds. The average molecular weight is 495 g/mol. The zero-order valence-electron chi connectivity index (χ0n) is 21.4. The monoisotopic (exact) mass is 494 g/mol. The maximum Gasteiger partial charge on any atom is 0.264 e. The first kappa shape index (κ1) is 26.3. The lowest BCUT2D eigenvalue weighted by molar-refractivity contribution is 0.0940. The van der Waals surface area contributed by atoms with Gasteiger partial charge in [-0.25, -0.2) is 8.42 Å². The minimum atomic E-state index is -3.84. The van der Waals surface area contributed by atoms with Crippen molar-refractivity contribution in [2.75, 3.05) is 18.5 Å². The number of carbonyl (C=O) groups excluding carboxylic acids is 1. The fraction of sp³-hybridized carbons (Fsp3) is 0.321. The van der Waals surface area contributed by atoms with Gasteiger partial charge >= 0.3 is 0 Å². The molecule has 0 aliphatic heterocycles. The van der Waals surface area contributed by atoms with Crippen LogP contribution in [0.25, 0.3) is 0 Å². The van der Waals surface area contributed by atoms with E-state index in [9.17, 15) is 13.2 Å². The van der Waals surface area contributed by atoms with Gasteiger partial charge in [-0.3, -0.25) is 9.10 Å². The molecule has 0 fully saturated rings. The molecule has 186 valence electrons. The van der Waals surface area contributed by atoms with Gasteiger partial charge in [-0.1, -0.05) is 43.7 Å². The molecule has 1 atom stereocenters. The molecule has 0 saturated carbocycles. The van der Waals surface area contributed by atoms with E-state index in [2.05, 4.69) is 25.2 Å². The molecule has 0 saturated heterocycles. The summed E-state index contributed by atoms with van der Waals surface area (Å²) in [4.78, 5) is 13.5. The Kier molecular flexibility index (Phi) is 7.90.